The Kier molecular flexibility index (Phi) is 4.43. The van der Waals surface area contributed by atoms with Crippen LogP contribution >= 0.6 is 0 Å². The Hall–Kier alpha value is -6.32. The molecule has 0 radical (unpaired) electrons. The topological polar surface area (TPSA) is 52.4 Å². The van der Waals surface area contributed by atoms with Gasteiger partial charge >= 0.3 is 0 Å². The summed E-state index contributed by atoms with van der Waals surface area (Å²) in [7, 11) is 0. The van der Waals surface area contributed by atoms with Gasteiger partial charge in [-0.25, -0.2) is 14.8 Å². The molecule has 0 aliphatic heterocycles. The van der Waals surface area contributed by atoms with Crippen LogP contribution in [0, 0.1) is 6.57 Å². The van der Waals surface area contributed by atoms with E-state index in [0.29, 0.717) is 17.3 Å². The Bertz CT molecular complexity index is 2830. The lowest BCUT2D eigenvalue weighted by atomic mass is 10.0. The molecule has 0 unspecified atom stereocenters. The molecular weight excluding hydrogens is 540 g/mol. The summed E-state index contributed by atoms with van der Waals surface area (Å²) in [6.07, 6.45) is 1.77. The summed E-state index contributed by atoms with van der Waals surface area (Å²) in [5.74, 6) is 0.564. The van der Waals surface area contributed by atoms with Gasteiger partial charge in [-0.1, -0.05) is 78.9 Å². The van der Waals surface area contributed by atoms with E-state index in [1.807, 2.05) is 36.4 Å². The van der Waals surface area contributed by atoms with Crippen LogP contribution in [0.25, 0.3) is 93.0 Å². The van der Waals surface area contributed by atoms with Crippen LogP contribution in [0.3, 0.4) is 0 Å². The van der Waals surface area contributed by atoms with Gasteiger partial charge in [0.1, 0.15) is 0 Å². The average Bonchev–Trinajstić information content (AvgIpc) is 3.72. The number of hydrogen-bond donors (Lipinski definition) is 0. The predicted octanol–water partition coefficient (Wildman–Crippen LogP) is 9.49. The van der Waals surface area contributed by atoms with Crippen molar-refractivity contribution in [3.63, 3.8) is 0 Å². The summed E-state index contributed by atoms with van der Waals surface area (Å²) in [4.78, 5) is 18.6. The Balaban J connectivity index is 1.43. The van der Waals surface area contributed by atoms with Crippen LogP contribution in [0.15, 0.2) is 121 Å². The van der Waals surface area contributed by atoms with Gasteiger partial charge in [-0.15, -0.1) is 0 Å². The Morgan fingerprint density at radius 3 is 1.98 bits per heavy atom. The zero-order valence-corrected chi connectivity index (χ0v) is 23.2. The van der Waals surface area contributed by atoms with Crippen molar-refractivity contribution in [2.24, 2.45) is 0 Å². The van der Waals surface area contributed by atoms with Crippen LogP contribution < -0.4 is 0 Å². The molecular formula is C38H20N6. The number of benzene rings is 5. The molecule has 0 N–H and O–H groups in total. The van der Waals surface area contributed by atoms with E-state index in [-0.39, 0.29) is 0 Å². The summed E-state index contributed by atoms with van der Waals surface area (Å²) < 4.78 is 4.62. The molecule has 6 heteroatoms. The monoisotopic (exact) mass is 560 g/mol. The third-order valence-corrected chi connectivity index (χ3v) is 8.93. The predicted molar refractivity (Wildman–Crippen MR) is 178 cm³/mol. The number of aromatic nitrogens is 5. The fraction of sp³-hybridized carbons (Fsp3) is 0. The van der Waals surface area contributed by atoms with Crippen molar-refractivity contribution in [2.45, 2.75) is 0 Å². The van der Waals surface area contributed by atoms with Crippen molar-refractivity contribution < 1.29 is 0 Å². The zero-order chi connectivity index (χ0) is 28.9. The smallest absolute Gasteiger partial charge is 0.237 e. The maximum Gasteiger partial charge on any atom is 0.237 e. The molecule has 0 aliphatic rings. The van der Waals surface area contributed by atoms with Crippen LogP contribution in [0.1, 0.15) is 0 Å². The largest absolute Gasteiger partial charge is 0.308 e. The molecule has 202 valence electrons. The van der Waals surface area contributed by atoms with Gasteiger partial charge in [-0.2, -0.15) is 4.98 Å². The molecule has 10 rings (SSSR count). The molecule has 0 saturated heterocycles. The van der Waals surface area contributed by atoms with Gasteiger partial charge in [0.15, 0.2) is 11.3 Å². The number of pyridine rings is 1. The van der Waals surface area contributed by atoms with Crippen molar-refractivity contribution in [2.75, 3.05) is 0 Å². The van der Waals surface area contributed by atoms with Gasteiger partial charge in [0.05, 0.1) is 39.8 Å². The minimum Gasteiger partial charge on any atom is -0.308 e. The highest BCUT2D eigenvalue weighted by Gasteiger charge is 2.25. The van der Waals surface area contributed by atoms with Crippen molar-refractivity contribution >= 4 is 76.6 Å². The van der Waals surface area contributed by atoms with Gasteiger partial charge in [-0.3, -0.25) is 4.57 Å². The van der Waals surface area contributed by atoms with Gasteiger partial charge in [-0.05, 0) is 42.0 Å². The Morgan fingerprint density at radius 1 is 0.568 bits per heavy atom. The quantitative estimate of drug-likeness (QED) is 0.198. The highest BCUT2D eigenvalue weighted by Crippen LogP contribution is 2.46. The van der Waals surface area contributed by atoms with Gasteiger partial charge in [0.2, 0.25) is 5.95 Å². The molecule has 0 spiro atoms. The molecule has 0 fully saturated rings. The van der Waals surface area contributed by atoms with Gasteiger partial charge in [0, 0.05) is 43.9 Å². The van der Waals surface area contributed by atoms with Crippen LogP contribution in [0.5, 0.6) is 0 Å². The summed E-state index contributed by atoms with van der Waals surface area (Å²) >= 11 is 0. The van der Waals surface area contributed by atoms with Gasteiger partial charge in [0.25, 0.3) is 0 Å². The van der Waals surface area contributed by atoms with E-state index in [1.165, 1.54) is 38.1 Å². The average molecular weight is 561 g/mol. The molecule has 6 nitrogen and oxygen atoms in total. The Labute approximate surface area is 250 Å². The second-order valence-electron chi connectivity index (χ2n) is 11.2. The van der Waals surface area contributed by atoms with E-state index in [9.17, 15) is 0 Å². The molecule has 0 aliphatic carbocycles. The first kappa shape index (κ1) is 23.3. The maximum atomic E-state index is 7.40. The second kappa shape index (κ2) is 8.37. The number of nitrogens with zero attached hydrogens (tertiary/aromatic N) is 6. The molecule has 5 heterocycles. The highest BCUT2D eigenvalue weighted by atomic mass is 15.2. The normalized spacial score (nSPS) is 12.1. The van der Waals surface area contributed by atoms with E-state index < -0.39 is 0 Å². The second-order valence-corrected chi connectivity index (χ2v) is 11.2. The molecule has 0 saturated carbocycles. The number of rotatable bonds is 2. The van der Waals surface area contributed by atoms with E-state index in [4.69, 9.17) is 16.5 Å². The summed E-state index contributed by atoms with van der Waals surface area (Å²) in [6.45, 7) is 7.40. The summed E-state index contributed by atoms with van der Waals surface area (Å²) in [5, 5.41) is 8.04. The van der Waals surface area contributed by atoms with Crippen molar-refractivity contribution in [1.82, 2.24) is 23.9 Å². The van der Waals surface area contributed by atoms with Crippen LogP contribution in [0.2, 0.25) is 0 Å². The fourth-order valence-electron chi connectivity index (χ4n) is 7.13. The van der Waals surface area contributed by atoms with E-state index in [1.54, 1.807) is 6.20 Å². The zero-order valence-electron chi connectivity index (χ0n) is 23.2. The highest BCUT2D eigenvalue weighted by molar-refractivity contribution is 6.34. The lowest BCUT2D eigenvalue weighted by Gasteiger charge is -2.12. The van der Waals surface area contributed by atoms with Gasteiger partial charge < -0.3 is 4.40 Å². The first-order valence-corrected chi connectivity index (χ1v) is 14.5. The molecule has 0 amide bonds. The van der Waals surface area contributed by atoms with Crippen LogP contribution in [-0.2, 0) is 0 Å². The molecule has 5 aromatic carbocycles. The summed E-state index contributed by atoms with van der Waals surface area (Å²) in [5.41, 5.74) is 8.62. The number of para-hydroxylation sites is 3. The van der Waals surface area contributed by atoms with E-state index >= 15 is 0 Å². The van der Waals surface area contributed by atoms with Crippen molar-refractivity contribution in [1.29, 1.82) is 0 Å². The first-order chi connectivity index (χ1) is 21.8. The summed E-state index contributed by atoms with van der Waals surface area (Å²) in [6, 6.07) is 39.7. The van der Waals surface area contributed by atoms with Crippen molar-refractivity contribution in [3.05, 3.63) is 133 Å². The molecule has 5 aromatic heterocycles. The standard InChI is InChI=1S/C38H20N6/c1-39-23-18-16-22(17-19-23)34-27-12-8-20-40-37(27)42-38(41-34)44-31-14-6-3-10-25(31)29-21-28-24-9-2-5-13-30(24)43-32-15-7-4-11-26(32)33(35(28)43)36(29)44/h2-21H. The number of fused-ring (bicyclic) bond motifs is 11. The third-order valence-electron chi connectivity index (χ3n) is 8.93. The van der Waals surface area contributed by atoms with Crippen molar-refractivity contribution in [3.8, 4) is 17.2 Å². The maximum absolute atomic E-state index is 7.40. The lowest BCUT2D eigenvalue weighted by Crippen LogP contribution is -2.04. The minimum absolute atomic E-state index is 0.564. The Morgan fingerprint density at radius 2 is 1.20 bits per heavy atom. The van der Waals surface area contributed by atoms with Crippen LogP contribution in [0.4, 0.5) is 5.69 Å². The first-order valence-electron chi connectivity index (χ1n) is 14.5. The van der Waals surface area contributed by atoms with E-state index in [2.05, 4.69) is 97.7 Å². The van der Waals surface area contributed by atoms with E-state index in [0.717, 1.165) is 38.4 Å². The molecule has 44 heavy (non-hydrogen) atoms. The molecule has 0 atom stereocenters. The van der Waals surface area contributed by atoms with Crippen LogP contribution in [-0.4, -0.2) is 23.9 Å². The SMILES string of the molecule is [C-]#[N+]c1ccc(-c2nc(-n3c4ccccc4c4cc5c6ccccc6n6c7ccccc7c(c43)c56)nc3ncccc23)cc1. The minimum atomic E-state index is 0.564. The fourth-order valence-corrected chi connectivity index (χ4v) is 7.13. The number of hydrogen-bond acceptors (Lipinski definition) is 3. The lowest BCUT2D eigenvalue weighted by molar-refractivity contribution is 1.01. The third kappa shape index (κ3) is 2.90. The molecule has 10 aromatic rings. The molecule has 0 bridgehead atoms.